The number of rotatable bonds is 16. The summed E-state index contributed by atoms with van der Waals surface area (Å²) in [7, 11) is -3.91. The van der Waals surface area contributed by atoms with Crippen LogP contribution >= 0.6 is 0 Å². The minimum Gasteiger partial charge on any atom is -0.259 e. The molecule has 0 unspecified atom stereocenters. The highest BCUT2D eigenvalue weighted by Crippen LogP contribution is 2.16. The third kappa shape index (κ3) is 11.6. The first-order valence-electron chi connectivity index (χ1n) is 10.8. The molecule has 1 rings (SSSR count). The monoisotopic (exact) mass is 412 g/mol. The lowest BCUT2D eigenvalue weighted by Gasteiger charge is -2.05. The summed E-state index contributed by atoms with van der Waals surface area (Å²) in [5, 5.41) is 0. The van der Waals surface area contributed by atoms with Gasteiger partial charge in [-0.25, -0.2) is 4.39 Å². The molecule has 0 heterocycles. The minimum absolute atomic E-state index is 0.0521. The fourth-order valence-electron chi connectivity index (χ4n) is 3.03. The molecule has 0 aliphatic heterocycles. The summed E-state index contributed by atoms with van der Waals surface area (Å²) >= 11 is 0. The molecule has 0 amide bonds. The van der Waals surface area contributed by atoms with Crippen molar-refractivity contribution in [2.45, 2.75) is 95.8 Å². The molecule has 0 aromatic heterocycles. The van der Waals surface area contributed by atoms with Crippen molar-refractivity contribution in [3.63, 3.8) is 0 Å². The van der Waals surface area contributed by atoms with Crippen molar-refractivity contribution in [2.75, 3.05) is 6.61 Å². The predicted octanol–water partition coefficient (Wildman–Crippen LogP) is 7.25. The molecule has 3 nitrogen and oxygen atoms in total. The molecule has 1 aromatic rings. The Morgan fingerprint density at radius 3 is 1.93 bits per heavy atom. The zero-order chi connectivity index (χ0) is 20.7. The van der Waals surface area contributed by atoms with E-state index in [0.717, 1.165) is 18.4 Å². The maximum atomic E-state index is 13.8. The lowest BCUT2D eigenvalue weighted by atomic mass is 10.1. The van der Waals surface area contributed by atoms with Crippen molar-refractivity contribution in [1.29, 1.82) is 0 Å². The standard InChI is InChI=1S/C23H37FO3S/c1-3-4-5-6-7-8-9-10-11-12-13-14-15-22(24)20-27-28(25,26)23-18-16-21(2)17-19-23/h15-19H,3-14,20H2,1-2H3/b22-15-. The van der Waals surface area contributed by atoms with Crippen molar-refractivity contribution in [3.8, 4) is 0 Å². The average Bonchev–Trinajstić information content (AvgIpc) is 2.67. The molecule has 0 radical (unpaired) electrons. The fraction of sp³-hybridized carbons (Fsp3) is 0.652. The molecule has 28 heavy (non-hydrogen) atoms. The van der Waals surface area contributed by atoms with Gasteiger partial charge in [0.2, 0.25) is 0 Å². The van der Waals surface area contributed by atoms with Crippen LogP contribution in [0.25, 0.3) is 0 Å². The van der Waals surface area contributed by atoms with Crippen molar-refractivity contribution < 1.29 is 17.0 Å². The van der Waals surface area contributed by atoms with Crippen LogP contribution in [0, 0.1) is 6.92 Å². The third-order valence-electron chi connectivity index (χ3n) is 4.84. The van der Waals surface area contributed by atoms with Crippen LogP contribution in [-0.4, -0.2) is 15.0 Å². The van der Waals surface area contributed by atoms with E-state index in [-0.39, 0.29) is 4.90 Å². The highest BCUT2D eigenvalue weighted by Gasteiger charge is 2.15. The Kier molecular flexibility index (Phi) is 13.1. The molecule has 0 N–H and O–H groups in total. The molecule has 0 saturated heterocycles. The van der Waals surface area contributed by atoms with Gasteiger partial charge in [-0.15, -0.1) is 0 Å². The number of aryl methyl sites for hydroxylation is 1. The Bertz CT molecular complexity index is 651. The Labute approximate surface area is 171 Å². The zero-order valence-electron chi connectivity index (χ0n) is 17.6. The fourth-order valence-corrected chi connectivity index (χ4v) is 3.91. The molecular formula is C23H37FO3S. The number of benzene rings is 1. The van der Waals surface area contributed by atoms with Crippen LogP contribution in [0.3, 0.4) is 0 Å². The van der Waals surface area contributed by atoms with Crippen LogP contribution < -0.4 is 0 Å². The van der Waals surface area contributed by atoms with Gasteiger partial charge in [-0.3, -0.25) is 4.18 Å². The van der Waals surface area contributed by atoms with E-state index in [0.29, 0.717) is 6.42 Å². The van der Waals surface area contributed by atoms with Gasteiger partial charge >= 0.3 is 0 Å². The summed E-state index contributed by atoms with van der Waals surface area (Å²) in [5.41, 5.74) is 0.956. The number of hydrogen-bond donors (Lipinski definition) is 0. The average molecular weight is 413 g/mol. The Hall–Kier alpha value is -1.20. The van der Waals surface area contributed by atoms with Crippen molar-refractivity contribution >= 4 is 10.1 Å². The van der Waals surface area contributed by atoms with Gasteiger partial charge in [0.05, 0.1) is 4.90 Å². The van der Waals surface area contributed by atoms with Crippen LogP contribution in [0.4, 0.5) is 4.39 Å². The maximum Gasteiger partial charge on any atom is 0.297 e. The van der Waals surface area contributed by atoms with Crippen molar-refractivity contribution in [1.82, 2.24) is 0 Å². The van der Waals surface area contributed by atoms with Crippen LogP contribution in [-0.2, 0) is 14.3 Å². The number of allylic oxidation sites excluding steroid dienone is 1. The quantitative estimate of drug-likeness (QED) is 0.212. The summed E-state index contributed by atoms with van der Waals surface area (Å²) < 4.78 is 42.6. The first-order chi connectivity index (χ1) is 13.5. The summed E-state index contributed by atoms with van der Waals surface area (Å²) in [6, 6.07) is 6.32. The molecule has 160 valence electrons. The van der Waals surface area contributed by atoms with Crippen LogP contribution in [0.1, 0.15) is 89.5 Å². The lowest BCUT2D eigenvalue weighted by molar-refractivity contribution is 0.318. The van der Waals surface area contributed by atoms with E-state index in [2.05, 4.69) is 6.92 Å². The first-order valence-corrected chi connectivity index (χ1v) is 12.2. The van der Waals surface area contributed by atoms with Crippen LogP contribution in [0.15, 0.2) is 41.1 Å². The topological polar surface area (TPSA) is 43.4 Å². The van der Waals surface area contributed by atoms with E-state index in [1.807, 2.05) is 6.92 Å². The van der Waals surface area contributed by atoms with E-state index in [1.54, 1.807) is 12.1 Å². The Morgan fingerprint density at radius 2 is 1.39 bits per heavy atom. The van der Waals surface area contributed by atoms with E-state index >= 15 is 0 Å². The van der Waals surface area contributed by atoms with Gasteiger partial charge in [0.15, 0.2) is 0 Å². The summed E-state index contributed by atoms with van der Waals surface area (Å²) in [4.78, 5) is 0.0521. The second-order valence-electron chi connectivity index (χ2n) is 7.50. The predicted molar refractivity (Wildman–Crippen MR) is 115 cm³/mol. The zero-order valence-corrected chi connectivity index (χ0v) is 18.4. The van der Waals surface area contributed by atoms with Crippen LogP contribution in [0.2, 0.25) is 0 Å². The van der Waals surface area contributed by atoms with Gasteiger partial charge in [0.25, 0.3) is 10.1 Å². The van der Waals surface area contributed by atoms with Gasteiger partial charge in [0.1, 0.15) is 12.4 Å². The van der Waals surface area contributed by atoms with Crippen molar-refractivity contribution in [2.24, 2.45) is 0 Å². The number of unbranched alkanes of at least 4 members (excludes halogenated alkanes) is 11. The molecule has 0 aliphatic carbocycles. The van der Waals surface area contributed by atoms with Gasteiger partial charge < -0.3 is 0 Å². The van der Waals surface area contributed by atoms with Crippen LogP contribution in [0.5, 0.6) is 0 Å². The lowest BCUT2D eigenvalue weighted by Crippen LogP contribution is -2.08. The molecule has 5 heteroatoms. The van der Waals surface area contributed by atoms with Gasteiger partial charge in [-0.1, -0.05) is 94.9 Å². The molecular weight excluding hydrogens is 375 g/mol. The molecule has 0 bridgehead atoms. The molecule has 0 aliphatic rings. The first kappa shape index (κ1) is 24.8. The second kappa shape index (κ2) is 14.7. The molecule has 0 saturated carbocycles. The molecule has 0 fully saturated rings. The second-order valence-corrected chi connectivity index (χ2v) is 9.12. The van der Waals surface area contributed by atoms with Gasteiger partial charge in [-0.05, 0) is 31.9 Å². The largest absolute Gasteiger partial charge is 0.297 e. The summed E-state index contributed by atoms with van der Waals surface area (Å²) in [5.74, 6) is -0.525. The number of halogens is 1. The molecule has 1 aromatic carbocycles. The van der Waals surface area contributed by atoms with E-state index in [4.69, 9.17) is 4.18 Å². The van der Waals surface area contributed by atoms with E-state index < -0.39 is 22.6 Å². The Balaban J connectivity index is 2.08. The third-order valence-corrected chi connectivity index (χ3v) is 6.11. The minimum atomic E-state index is -3.91. The number of hydrogen-bond acceptors (Lipinski definition) is 3. The SMILES string of the molecule is CCCCCCCCCCCCC/C=C(\F)COS(=O)(=O)c1ccc(C)cc1. The van der Waals surface area contributed by atoms with Crippen molar-refractivity contribution in [3.05, 3.63) is 41.7 Å². The molecule has 0 spiro atoms. The van der Waals surface area contributed by atoms with Gasteiger partial charge in [0, 0.05) is 0 Å². The highest BCUT2D eigenvalue weighted by molar-refractivity contribution is 7.86. The normalized spacial score (nSPS) is 12.5. The van der Waals surface area contributed by atoms with Gasteiger partial charge in [-0.2, -0.15) is 8.42 Å². The smallest absolute Gasteiger partial charge is 0.259 e. The Morgan fingerprint density at radius 1 is 0.893 bits per heavy atom. The maximum absolute atomic E-state index is 13.8. The van der Waals surface area contributed by atoms with E-state index in [9.17, 15) is 12.8 Å². The highest BCUT2D eigenvalue weighted by atomic mass is 32.2. The summed E-state index contributed by atoms with van der Waals surface area (Å²) in [6.07, 6.45) is 15.8. The summed E-state index contributed by atoms with van der Waals surface area (Å²) in [6.45, 7) is 3.57. The molecule has 0 atom stereocenters. The van der Waals surface area contributed by atoms with E-state index in [1.165, 1.54) is 76.0 Å².